The fourth-order valence-corrected chi connectivity index (χ4v) is 5.52. The molecule has 5 rings (SSSR count). The van der Waals surface area contributed by atoms with Gasteiger partial charge < -0.3 is 4.42 Å². The molecule has 1 N–H and O–H groups in total. The SMILES string of the molecule is O=C(Nc1nc(-c2cccs2)c(-c2cccs2)s1)c1cc(=O)c2ccccc2o1. The third kappa shape index (κ3) is 3.42. The Kier molecular flexibility index (Phi) is 4.59. The van der Waals surface area contributed by atoms with Crippen molar-refractivity contribution in [3.8, 4) is 20.3 Å². The number of rotatable bonds is 4. The number of thiophene rings is 2. The first-order chi connectivity index (χ1) is 14.2. The second-order valence-corrected chi connectivity index (χ2v) is 8.97. The van der Waals surface area contributed by atoms with Gasteiger partial charge in [0.05, 0.1) is 15.1 Å². The van der Waals surface area contributed by atoms with Crippen LogP contribution in [0.15, 0.2) is 74.6 Å². The second-order valence-electron chi connectivity index (χ2n) is 6.08. The number of hydrogen-bond acceptors (Lipinski definition) is 7. The number of aromatic nitrogens is 1. The van der Waals surface area contributed by atoms with Crippen molar-refractivity contribution < 1.29 is 9.21 Å². The van der Waals surface area contributed by atoms with E-state index in [1.54, 1.807) is 46.9 Å². The molecule has 5 aromatic rings. The van der Waals surface area contributed by atoms with Gasteiger partial charge in [-0.1, -0.05) is 35.6 Å². The Morgan fingerprint density at radius 2 is 1.72 bits per heavy atom. The number of fused-ring (bicyclic) bond motifs is 1. The highest BCUT2D eigenvalue weighted by molar-refractivity contribution is 7.24. The number of nitrogens with one attached hydrogen (secondary N) is 1. The van der Waals surface area contributed by atoms with E-state index in [4.69, 9.17) is 4.42 Å². The lowest BCUT2D eigenvalue weighted by Gasteiger charge is -2.02. The van der Waals surface area contributed by atoms with Crippen LogP contribution in [0.2, 0.25) is 0 Å². The van der Waals surface area contributed by atoms with E-state index in [0.29, 0.717) is 16.1 Å². The molecule has 5 nitrogen and oxygen atoms in total. The summed E-state index contributed by atoms with van der Waals surface area (Å²) in [6.45, 7) is 0. The third-order valence-corrected chi connectivity index (χ3v) is 7.10. The maximum Gasteiger partial charge on any atom is 0.293 e. The average Bonchev–Trinajstić information content (AvgIpc) is 3.48. The van der Waals surface area contributed by atoms with Crippen molar-refractivity contribution in [1.29, 1.82) is 0 Å². The van der Waals surface area contributed by atoms with E-state index < -0.39 is 5.91 Å². The molecule has 0 radical (unpaired) electrons. The summed E-state index contributed by atoms with van der Waals surface area (Å²) in [6, 6.07) is 16.1. The van der Waals surface area contributed by atoms with Crippen molar-refractivity contribution in [2.45, 2.75) is 0 Å². The monoisotopic (exact) mass is 436 g/mol. The molecule has 0 aliphatic carbocycles. The number of thiazole rings is 1. The fourth-order valence-electron chi connectivity index (χ4n) is 2.90. The summed E-state index contributed by atoms with van der Waals surface area (Å²) < 4.78 is 5.63. The van der Waals surface area contributed by atoms with Crippen molar-refractivity contribution in [3.05, 3.63) is 81.3 Å². The van der Waals surface area contributed by atoms with Gasteiger partial charge in [-0.3, -0.25) is 14.9 Å². The molecule has 4 aromatic heterocycles. The Morgan fingerprint density at radius 3 is 2.48 bits per heavy atom. The number of amides is 1. The first-order valence-corrected chi connectivity index (χ1v) is 11.2. The van der Waals surface area contributed by atoms with Gasteiger partial charge in [0.15, 0.2) is 16.3 Å². The van der Waals surface area contributed by atoms with Crippen molar-refractivity contribution in [1.82, 2.24) is 4.98 Å². The van der Waals surface area contributed by atoms with Crippen LogP contribution in [0.1, 0.15) is 10.6 Å². The van der Waals surface area contributed by atoms with Crippen LogP contribution < -0.4 is 10.7 Å². The van der Waals surface area contributed by atoms with Crippen LogP contribution in [0, 0.1) is 0 Å². The molecule has 29 heavy (non-hydrogen) atoms. The Morgan fingerprint density at radius 1 is 0.966 bits per heavy atom. The summed E-state index contributed by atoms with van der Waals surface area (Å²) in [5.41, 5.74) is 0.959. The van der Waals surface area contributed by atoms with Crippen molar-refractivity contribution >= 4 is 56.0 Å². The lowest BCUT2D eigenvalue weighted by molar-refractivity contribution is 0.0997. The molecule has 142 valence electrons. The average molecular weight is 437 g/mol. The quantitative estimate of drug-likeness (QED) is 0.377. The zero-order chi connectivity index (χ0) is 19.8. The summed E-state index contributed by atoms with van der Waals surface area (Å²) in [5.74, 6) is -0.545. The standard InChI is InChI=1S/C21H12N2O3S3/c24-13-11-15(26-14-6-2-1-5-12(13)14)20(25)23-21-22-18(16-7-3-9-27-16)19(29-21)17-8-4-10-28-17/h1-11H,(H,22,23,25). The molecule has 0 saturated carbocycles. The summed E-state index contributed by atoms with van der Waals surface area (Å²) in [5, 5.41) is 7.68. The number of nitrogens with zero attached hydrogens (tertiary/aromatic N) is 1. The van der Waals surface area contributed by atoms with Crippen LogP contribution >= 0.6 is 34.0 Å². The summed E-state index contributed by atoms with van der Waals surface area (Å²) >= 11 is 4.62. The lowest BCUT2D eigenvalue weighted by Crippen LogP contribution is -2.14. The molecule has 0 aliphatic rings. The molecule has 0 atom stereocenters. The van der Waals surface area contributed by atoms with E-state index in [0.717, 1.165) is 20.3 Å². The minimum atomic E-state index is -0.503. The van der Waals surface area contributed by atoms with Crippen LogP contribution in [0.4, 0.5) is 5.13 Å². The van der Waals surface area contributed by atoms with E-state index in [1.807, 2.05) is 35.0 Å². The topological polar surface area (TPSA) is 72.2 Å². The van der Waals surface area contributed by atoms with Crippen LogP contribution in [-0.2, 0) is 0 Å². The van der Waals surface area contributed by atoms with Gasteiger partial charge >= 0.3 is 0 Å². The first kappa shape index (κ1) is 18.0. The molecular weight excluding hydrogens is 424 g/mol. The van der Waals surface area contributed by atoms with E-state index >= 15 is 0 Å². The largest absolute Gasteiger partial charge is 0.451 e. The normalized spacial score (nSPS) is 11.0. The van der Waals surface area contributed by atoms with Crippen molar-refractivity contribution in [2.24, 2.45) is 0 Å². The molecular formula is C21H12N2O3S3. The summed E-state index contributed by atoms with van der Waals surface area (Å²) in [7, 11) is 0. The predicted molar refractivity (Wildman–Crippen MR) is 119 cm³/mol. The minimum Gasteiger partial charge on any atom is -0.451 e. The fraction of sp³-hybridized carbons (Fsp3) is 0. The van der Waals surface area contributed by atoms with E-state index in [2.05, 4.69) is 10.3 Å². The number of carbonyl (C=O) groups excluding carboxylic acids is 1. The van der Waals surface area contributed by atoms with Crippen LogP contribution in [-0.4, -0.2) is 10.9 Å². The molecule has 0 saturated heterocycles. The predicted octanol–water partition coefficient (Wildman–Crippen LogP) is 5.96. The van der Waals surface area contributed by atoms with Gasteiger partial charge in [0, 0.05) is 10.9 Å². The second kappa shape index (κ2) is 7.40. The van der Waals surface area contributed by atoms with Crippen LogP contribution in [0.25, 0.3) is 31.3 Å². The van der Waals surface area contributed by atoms with Gasteiger partial charge in [-0.05, 0) is 35.0 Å². The molecule has 0 bridgehead atoms. The Hall–Kier alpha value is -3.07. The number of carbonyl (C=O) groups is 1. The van der Waals surface area contributed by atoms with Crippen molar-refractivity contribution in [3.63, 3.8) is 0 Å². The number of benzene rings is 1. The lowest BCUT2D eigenvalue weighted by atomic mass is 10.2. The first-order valence-electron chi connectivity index (χ1n) is 8.62. The zero-order valence-corrected chi connectivity index (χ0v) is 17.2. The maximum absolute atomic E-state index is 12.7. The number of para-hydroxylation sites is 1. The summed E-state index contributed by atoms with van der Waals surface area (Å²) in [6.07, 6.45) is 0. The molecule has 1 amide bonds. The van der Waals surface area contributed by atoms with Crippen LogP contribution in [0.5, 0.6) is 0 Å². The Bertz CT molecular complexity index is 1310. The van der Waals surface area contributed by atoms with Gasteiger partial charge in [0.1, 0.15) is 11.3 Å². The summed E-state index contributed by atoms with van der Waals surface area (Å²) in [4.78, 5) is 32.8. The molecule has 1 aromatic carbocycles. The molecule has 0 fully saturated rings. The minimum absolute atomic E-state index is 0.0424. The highest BCUT2D eigenvalue weighted by Crippen LogP contribution is 2.42. The molecule has 0 spiro atoms. The highest BCUT2D eigenvalue weighted by Gasteiger charge is 2.19. The van der Waals surface area contributed by atoms with Gasteiger partial charge in [-0.2, -0.15) is 0 Å². The molecule has 0 unspecified atom stereocenters. The maximum atomic E-state index is 12.7. The highest BCUT2D eigenvalue weighted by atomic mass is 32.1. The van der Waals surface area contributed by atoms with Gasteiger partial charge in [0.2, 0.25) is 0 Å². The Labute approximate surface area is 176 Å². The molecule has 8 heteroatoms. The van der Waals surface area contributed by atoms with Crippen LogP contribution in [0.3, 0.4) is 0 Å². The third-order valence-electron chi connectivity index (χ3n) is 4.21. The van der Waals surface area contributed by atoms with E-state index in [1.165, 1.54) is 17.4 Å². The Balaban J connectivity index is 1.52. The number of anilines is 1. The number of hydrogen-bond donors (Lipinski definition) is 1. The molecule has 4 heterocycles. The van der Waals surface area contributed by atoms with Gasteiger partial charge in [-0.15, -0.1) is 22.7 Å². The van der Waals surface area contributed by atoms with Gasteiger partial charge in [-0.25, -0.2) is 4.98 Å². The van der Waals surface area contributed by atoms with E-state index in [-0.39, 0.29) is 11.2 Å². The van der Waals surface area contributed by atoms with Gasteiger partial charge in [0.25, 0.3) is 5.91 Å². The molecule has 0 aliphatic heterocycles. The smallest absolute Gasteiger partial charge is 0.293 e. The van der Waals surface area contributed by atoms with Crippen molar-refractivity contribution in [2.75, 3.05) is 5.32 Å². The zero-order valence-electron chi connectivity index (χ0n) is 14.7. The van der Waals surface area contributed by atoms with E-state index in [9.17, 15) is 9.59 Å².